The van der Waals surface area contributed by atoms with E-state index < -0.39 is 0 Å². The smallest absolute Gasteiger partial charge is 0.168 e. The van der Waals surface area contributed by atoms with Crippen LogP contribution in [0.1, 0.15) is 202 Å². The molecular weight excluding hydrogens is 1680 g/mol. The average Bonchev–Trinajstić information content (AvgIpc) is 1.01. The van der Waals surface area contributed by atoms with Gasteiger partial charge in [-0.3, -0.25) is 19.9 Å². The van der Waals surface area contributed by atoms with Crippen LogP contribution in [0.25, 0.3) is 42.9 Å². The zero-order valence-corrected chi connectivity index (χ0v) is 86.2. The molecule has 13 aromatic heterocycles. The zero-order valence-electron chi connectivity index (χ0n) is 84.6. The Kier molecular flexibility index (Phi) is 82.3. The summed E-state index contributed by atoms with van der Waals surface area (Å²) in [5, 5.41) is 28.2. The van der Waals surface area contributed by atoms with Gasteiger partial charge in [0, 0.05) is 142 Å². The molecule has 22 rings (SSSR count). The molecule has 0 spiro atoms. The first kappa shape index (κ1) is 122. The third kappa shape index (κ3) is 52.6. The van der Waals surface area contributed by atoms with Crippen molar-refractivity contribution in [2.24, 2.45) is 0 Å². The largest absolute Gasteiger partial charge is 0.488 e. The van der Waals surface area contributed by atoms with E-state index in [2.05, 4.69) is 167 Å². The molecule has 720 valence electrons. The van der Waals surface area contributed by atoms with Gasteiger partial charge in [-0.25, -0.2) is 39.9 Å². The molecule has 0 unspecified atom stereocenters. The maximum atomic E-state index is 5.30. The Balaban J connectivity index is 0. The van der Waals surface area contributed by atoms with E-state index in [1.807, 2.05) is 373 Å². The van der Waals surface area contributed by atoms with Crippen LogP contribution in [0.15, 0.2) is 310 Å². The van der Waals surface area contributed by atoms with E-state index in [1.54, 1.807) is 61.2 Å². The highest BCUT2D eigenvalue weighted by atomic mass is 32.2. The fourth-order valence-electron chi connectivity index (χ4n) is 11.1. The van der Waals surface area contributed by atoms with Gasteiger partial charge in [-0.1, -0.05) is 251 Å². The number of aryl methyl sites for hydroxylation is 2. The SMILES string of the molecule is CC.CC.CC.CC.CC.CC.CC.CC.CC.CC.CC.CC.c1c[nH]cn1.c1ccc2[nH]cnc2c1.c1ccc2cnccc2c1.c1ccc2ncccc2c1.c1ccncc1.c1cnc2c(c1)CCCCN2.c1cnc2c(c1)CCCN2.c1cnc2c(c1)CCN2.c1cnc2c(c1)NCCN2.c1cnc2c(c1)OCCN2.c1cnc2c(c1)SCCN2.c1cnc2ccsc2c1. The number of rotatable bonds is 0. The van der Waals surface area contributed by atoms with Crippen molar-refractivity contribution < 1.29 is 4.74 Å². The number of pyridine rings is 10. The first-order valence-electron chi connectivity index (χ1n) is 48.3. The Morgan fingerprint density at radius 2 is 0.767 bits per heavy atom. The summed E-state index contributed by atoms with van der Waals surface area (Å²) in [5.74, 6) is 8.10. The summed E-state index contributed by atoms with van der Waals surface area (Å²) in [6.07, 6.45) is 35.7. The van der Waals surface area contributed by atoms with Crippen molar-refractivity contribution >= 4 is 107 Å². The Hall–Kier alpha value is -12.9. The predicted octanol–water partition coefficient (Wildman–Crippen LogP) is 29.9. The first-order valence-corrected chi connectivity index (χ1v) is 50.2. The molecule has 6 aliphatic heterocycles. The Morgan fingerprint density at radius 1 is 0.286 bits per heavy atom. The number of hydrogen-bond acceptors (Lipinski definition) is 22. The third-order valence-corrected chi connectivity index (χ3v) is 18.3. The molecule has 0 aliphatic carbocycles. The van der Waals surface area contributed by atoms with Gasteiger partial charge in [-0.2, -0.15) is 0 Å². The van der Waals surface area contributed by atoms with Crippen LogP contribution in [-0.4, -0.2) is 128 Å². The van der Waals surface area contributed by atoms with Gasteiger partial charge in [-0.15, -0.1) is 23.1 Å². The fraction of sp³-hybridized carbons (Fsp3) is 0.358. The topological polar surface area (TPSA) is 280 Å². The van der Waals surface area contributed by atoms with E-state index >= 15 is 0 Å². The summed E-state index contributed by atoms with van der Waals surface area (Å²) in [6.45, 7) is 55.8. The molecule has 24 heteroatoms. The standard InChI is InChI=1S/C9H12N2.2C9H7N.C8H10N2.C7H9N3.C7H8N2O.C7H8N2S.C7H8N2.C7H6N2.C7H5NS.C5H5N.C3H4N2.12C2H6/c1-2-6-10-9-8(4-1)5-3-7-11-9;1-2-6-9-8(4-1)5-3-7-10-9;1-2-4-9-7-10-6-5-8(9)3-1;1-3-7-4-2-6-10-8(7)9-5-1;1-2-6-7(9-3-1)10-5-4-8-6;2*1-2-6-7(8-3-1)9-4-5-10-6;1-2-6-3-5-9-7(6)8-4-1;1-2-4-7-6(3-1)8-5-9-7;1-2-7-6(8-4-1)3-5-9-7;1-2-4-6-5-3-1;1-2-5-3-4-1;12*1-2/h3,5,7H,1-2,4,6H2,(H,10,11);2*1-7H;1,3,5H,2,4,6H2,(H,9,10);1-3,8H,4-5H2,(H,9,10);2*1-3H,4-5H2,(H,8,9);1-2,4H,3,5H2,(H,8,9);1-5H,(H,8,9);1-5H;1-5H;1-3H,(H,4,5);12*1-2H3. The average molecular weight is 1850 g/mol. The highest BCUT2D eigenvalue weighted by Gasteiger charge is 2.12. The van der Waals surface area contributed by atoms with Gasteiger partial charge >= 0.3 is 0 Å². The quantitative estimate of drug-likeness (QED) is 0.0682. The molecule has 0 radical (unpaired) electrons. The van der Waals surface area contributed by atoms with Crippen molar-refractivity contribution in [1.82, 2.24) is 69.8 Å². The minimum Gasteiger partial charge on any atom is -0.488 e. The maximum absolute atomic E-state index is 5.30. The Morgan fingerprint density at radius 3 is 1.32 bits per heavy atom. The number of hydrogen-bond donors (Lipinski definition) is 9. The lowest BCUT2D eigenvalue weighted by molar-refractivity contribution is 0.321. The van der Waals surface area contributed by atoms with E-state index in [4.69, 9.17) is 4.74 Å². The molecule has 0 saturated heterocycles. The molecule has 6 aliphatic rings. The molecule has 0 bridgehead atoms. The number of H-pyrrole nitrogens is 2. The molecule has 19 heterocycles. The van der Waals surface area contributed by atoms with Gasteiger partial charge in [0.05, 0.1) is 51.7 Å². The van der Waals surface area contributed by atoms with E-state index in [0.29, 0.717) is 0 Å². The van der Waals surface area contributed by atoms with Gasteiger partial charge in [0.2, 0.25) is 0 Å². The molecular formula is C109H161N21OS2. The monoisotopic (exact) mass is 1840 g/mol. The number of imidazole rings is 2. The number of nitrogens with one attached hydrogen (secondary N) is 9. The minimum absolute atomic E-state index is 0.735. The molecule has 16 aromatic rings. The van der Waals surface area contributed by atoms with Gasteiger partial charge in [0.1, 0.15) is 35.7 Å². The van der Waals surface area contributed by atoms with Gasteiger partial charge in [0.25, 0.3) is 0 Å². The van der Waals surface area contributed by atoms with E-state index in [-0.39, 0.29) is 0 Å². The summed E-state index contributed by atoms with van der Waals surface area (Å²) in [4.78, 5) is 55.9. The fourth-order valence-corrected chi connectivity index (χ4v) is 12.7. The Labute approximate surface area is 808 Å². The third-order valence-electron chi connectivity index (χ3n) is 16.4. The summed E-state index contributed by atoms with van der Waals surface area (Å²) in [5.41, 5.74) is 9.45. The van der Waals surface area contributed by atoms with Crippen LogP contribution >= 0.6 is 23.1 Å². The summed E-state index contributed by atoms with van der Waals surface area (Å²) < 4.78 is 6.56. The number of benzene rings is 3. The second-order valence-electron chi connectivity index (χ2n) is 24.1. The molecule has 3 aromatic carbocycles. The molecule has 0 amide bonds. The number of ether oxygens (including phenoxy) is 1. The summed E-state index contributed by atoms with van der Waals surface area (Å²) in [7, 11) is 0. The highest BCUT2D eigenvalue weighted by molar-refractivity contribution is 7.99. The maximum Gasteiger partial charge on any atom is 0.168 e. The van der Waals surface area contributed by atoms with Crippen LogP contribution < -0.4 is 42.0 Å². The van der Waals surface area contributed by atoms with Gasteiger partial charge in [-0.05, 0) is 187 Å². The van der Waals surface area contributed by atoms with E-state index in [0.717, 1.165) is 133 Å². The lowest BCUT2D eigenvalue weighted by Crippen LogP contribution is -2.21. The Bertz CT molecular complexity index is 4450. The zero-order chi connectivity index (χ0) is 98.5. The van der Waals surface area contributed by atoms with Crippen molar-refractivity contribution in [3.05, 3.63) is 322 Å². The van der Waals surface area contributed by atoms with Crippen molar-refractivity contribution in [3.8, 4) is 5.75 Å². The highest BCUT2D eigenvalue weighted by Crippen LogP contribution is 2.28. The number of para-hydroxylation sites is 3. The lowest BCUT2D eigenvalue weighted by Gasteiger charge is -2.17. The van der Waals surface area contributed by atoms with Crippen molar-refractivity contribution in [2.75, 3.05) is 95.4 Å². The lowest BCUT2D eigenvalue weighted by atomic mass is 10.1. The molecule has 0 fully saturated rings. The number of thioether (sulfide) groups is 1. The van der Waals surface area contributed by atoms with Crippen molar-refractivity contribution in [2.45, 2.75) is 210 Å². The summed E-state index contributed by atoms with van der Waals surface area (Å²) >= 11 is 3.59. The van der Waals surface area contributed by atoms with E-state index in [1.165, 1.54) is 74.5 Å². The molecule has 22 nitrogen and oxygen atoms in total. The number of anilines is 7. The van der Waals surface area contributed by atoms with Crippen LogP contribution in [-0.2, 0) is 19.3 Å². The van der Waals surface area contributed by atoms with Crippen LogP contribution in [0.2, 0.25) is 0 Å². The normalized spacial score (nSPS) is 11.0. The van der Waals surface area contributed by atoms with Crippen LogP contribution in [0, 0.1) is 0 Å². The van der Waals surface area contributed by atoms with Gasteiger partial charge in [0.15, 0.2) is 11.6 Å². The number of thiophene rings is 1. The molecule has 0 saturated carbocycles. The number of aromatic amines is 2. The minimum atomic E-state index is 0.735. The number of fused-ring (bicyclic) bond motifs is 10. The number of aromatic nitrogens is 14. The number of nitrogens with zero attached hydrogens (tertiary/aromatic N) is 12. The molecule has 0 atom stereocenters. The second kappa shape index (κ2) is 89.7. The second-order valence-corrected chi connectivity index (χ2v) is 26.1. The van der Waals surface area contributed by atoms with Gasteiger partial charge < -0.3 is 51.9 Å². The summed E-state index contributed by atoms with van der Waals surface area (Å²) in [6, 6.07) is 66.2. The van der Waals surface area contributed by atoms with Crippen LogP contribution in [0.4, 0.5) is 40.6 Å². The van der Waals surface area contributed by atoms with Crippen LogP contribution in [0.5, 0.6) is 5.75 Å². The first-order chi connectivity index (χ1) is 66.2. The van der Waals surface area contributed by atoms with Crippen LogP contribution in [0.3, 0.4) is 0 Å². The molecule has 9 N–H and O–H groups in total. The van der Waals surface area contributed by atoms with Crippen molar-refractivity contribution in [1.29, 1.82) is 0 Å². The molecule has 133 heavy (non-hydrogen) atoms. The van der Waals surface area contributed by atoms with E-state index in [9.17, 15) is 0 Å². The predicted molar refractivity (Wildman–Crippen MR) is 584 cm³/mol. The van der Waals surface area contributed by atoms with Crippen molar-refractivity contribution in [3.63, 3.8) is 0 Å².